The number of nitrogens with one attached hydrogen (secondary N) is 1. The SMILES string of the molecule is C=C1c2ccc(OCCOc3ccc(F)cc3)cc2CC2CCC1C2NS(=O)(=O)c1cccnc1. The summed E-state index contributed by atoms with van der Waals surface area (Å²) in [5.74, 6) is 1.22. The normalized spacial score (nSPS) is 21.3. The minimum absolute atomic E-state index is 0.0450. The number of fused-ring (bicyclic) bond motifs is 3. The molecule has 3 aromatic rings. The van der Waals surface area contributed by atoms with Crippen LogP contribution in [0.3, 0.4) is 0 Å². The molecule has 0 aliphatic heterocycles. The zero-order chi connectivity index (χ0) is 24.4. The maximum atomic E-state index is 13.0. The molecule has 3 atom stereocenters. The first-order chi connectivity index (χ1) is 16.9. The molecular weight excluding hydrogens is 467 g/mol. The molecule has 1 aromatic heterocycles. The van der Waals surface area contributed by atoms with Gasteiger partial charge in [0.25, 0.3) is 0 Å². The minimum atomic E-state index is -3.67. The third kappa shape index (κ3) is 5.09. The molecule has 5 rings (SSSR count). The monoisotopic (exact) mass is 494 g/mol. The van der Waals surface area contributed by atoms with Gasteiger partial charge in [-0.3, -0.25) is 4.98 Å². The van der Waals surface area contributed by atoms with E-state index in [1.165, 1.54) is 18.3 Å². The summed E-state index contributed by atoms with van der Waals surface area (Å²) in [7, 11) is -3.67. The van der Waals surface area contributed by atoms with Crippen LogP contribution in [0.1, 0.15) is 24.0 Å². The van der Waals surface area contributed by atoms with Gasteiger partial charge in [-0.2, -0.15) is 0 Å². The van der Waals surface area contributed by atoms with Gasteiger partial charge < -0.3 is 9.47 Å². The van der Waals surface area contributed by atoms with Crippen LogP contribution in [-0.2, 0) is 16.4 Å². The van der Waals surface area contributed by atoms with Crippen molar-refractivity contribution in [3.8, 4) is 11.5 Å². The lowest BCUT2D eigenvalue weighted by Crippen LogP contribution is -2.41. The van der Waals surface area contributed by atoms with Crippen LogP contribution in [0.4, 0.5) is 4.39 Å². The summed E-state index contributed by atoms with van der Waals surface area (Å²) in [5.41, 5.74) is 3.15. The van der Waals surface area contributed by atoms with Crippen molar-refractivity contribution in [2.75, 3.05) is 13.2 Å². The molecule has 0 radical (unpaired) electrons. The Labute approximate surface area is 204 Å². The van der Waals surface area contributed by atoms with Crippen LogP contribution in [0.25, 0.3) is 5.57 Å². The van der Waals surface area contributed by atoms with Crippen LogP contribution in [0, 0.1) is 17.7 Å². The van der Waals surface area contributed by atoms with Crippen LogP contribution >= 0.6 is 0 Å². The quantitative estimate of drug-likeness (QED) is 0.463. The number of hydrogen-bond donors (Lipinski definition) is 1. The fraction of sp³-hybridized carbons (Fsp3) is 0.296. The van der Waals surface area contributed by atoms with E-state index in [0.29, 0.717) is 19.0 Å². The van der Waals surface area contributed by atoms with Gasteiger partial charge in [-0.15, -0.1) is 0 Å². The highest BCUT2D eigenvalue weighted by Gasteiger charge is 2.43. The number of ether oxygens (including phenoxy) is 2. The molecule has 1 fully saturated rings. The van der Waals surface area contributed by atoms with Gasteiger partial charge in [-0.05, 0) is 90.4 Å². The summed E-state index contributed by atoms with van der Waals surface area (Å²) in [6, 6.07) is 14.8. The van der Waals surface area contributed by atoms with E-state index in [9.17, 15) is 12.8 Å². The summed E-state index contributed by atoms with van der Waals surface area (Å²) in [6.45, 7) is 5.03. The molecule has 2 aliphatic rings. The summed E-state index contributed by atoms with van der Waals surface area (Å²) in [6.07, 6.45) is 5.51. The van der Waals surface area contributed by atoms with Crippen LogP contribution in [0.15, 0.2) is 78.5 Å². The highest BCUT2D eigenvalue weighted by atomic mass is 32.2. The second-order valence-corrected chi connectivity index (χ2v) is 10.7. The fourth-order valence-electron chi connectivity index (χ4n) is 5.11. The van der Waals surface area contributed by atoms with Crippen molar-refractivity contribution in [3.05, 3.63) is 90.5 Å². The molecule has 6 nitrogen and oxygen atoms in total. The number of nitrogens with zero attached hydrogens (tertiary/aromatic N) is 1. The molecule has 0 amide bonds. The average Bonchev–Trinajstić information content (AvgIpc) is 3.19. The minimum Gasteiger partial charge on any atom is -0.490 e. The van der Waals surface area contributed by atoms with Gasteiger partial charge in [0.15, 0.2) is 0 Å². The lowest BCUT2D eigenvalue weighted by atomic mass is 9.89. The van der Waals surface area contributed by atoms with E-state index >= 15 is 0 Å². The lowest BCUT2D eigenvalue weighted by Gasteiger charge is -2.24. The van der Waals surface area contributed by atoms with E-state index in [-0.39, 0.29) is 28.6 Å². The Morgan fingerprint density at radius 2 is 1.77 bits per heavy atom. The molecule has 0 spiro atoms. The van der Waals surface area contributed by atoms with E-state index in [1.54, 1.807) is 30.5 Å². The van der Waals surface area contributed by atoms with Gasteiger partial charge >= 0.3 is 0 Å². The van der Waals surface area contributed by atoms with Gasteiger partial charge in [0.05, 0.1) is 0 Å². The molecule has 1 saturated carbocycles. The molecule has 0 saturated heterocycles. The molecule has 1 N–H and O–H groups in total. The van der Waals surface area contributed by atoms with E-state index in [0.717, 1.165) is 41.7 Å². The average molecular weight is 495 g/mol. The van der Waals surface area contributed by atoms with Gasteiger partial charge in [0.1, 0.15) is 35.4 Å². The number of pyridine rings is 1. The van der Waals surface area contributed by atoms with Crippen molar-refractivity contribution in [2.45, 2.75) is 30.2 Å². The maximum absolute atomic E-state index is 13.0. The van der Waals surface area contributed by atoms with Crippen molar-refractivity contribution in [2.24, 2.45) is 11.8 Å². The van der Waals surface area contributed by atoms with Gasteiger partial charge in [0, 0.05) is 24.4 Å². The summed E-state index contributed by atoms with van der Waals surface area (Å²) in [4.78, 5) is 4.12. The number of rotatable bonds is 8. The van der Waals surface area contributed by atoms with Crippen molar-refractivity contribution in [1.82, 2.24) is 9.71 Å². The van der Waals surface area contributed by atoms with Crippen LogP contribution < -0.4 is 14.2 Å². The summed E-state index contributed by atoms with van der Waals surface area (Å²) in [5, 5.41) is 0. The van der Waals surface area contributed by atoms with Crippen molar-refractivity contribution in [3.63, 3.8) is 0 Å². The molecule has 35 heavy (non-hydrogen) atoms. The van der Waals surface area contributed by atoms with Crippen molar-refractivity contribution >= 4 is 15.6 Å². The second kappa shape index (κ2) is 9.79. The third-order valence-corrected chi connectivity index (χ3v) is 8.26. The molecule has 2 aromatic carbocycles. The Morgan fingerprint density at radius 3 is 2.51 bits per heavy atom. The standard InChI is InChI=1S/C27H27FN2O4S/c1-18-25-11-9-23(34-14-13-33-22-7-5-21(28)6-8-22)16-20(25)15-19-4-10-26(18)27(19)30-35(31,32)24-3-2-12-29-17-24/h2-3,5-9,11-12,16-17,19,26-27,30H,1,4,10,13-15H2. The topological polar surface area (TPSA) is 77.5 Å². The first kappa shape index (κ1) is 23.5. The second-order valence-electron chi connectivity index (χ2n) is 8.98. The molecule has 8 heteroatoms. The van der Waals surface area contributed by atoms with Crippen molar-refractivity contribution < 1.29 is 22.3 Å². The van der Waals surface area contributed by atoms with Crippen molar-refractivity contribution in [1.29, 1.82) is 0 Å². The Hall–Kier alpha value is -3.23. The van der Waals surface area contributed by atoms with E-state index in [1.807, 2.05) is 18.2 Å². The van der Waals surface area contributed by atoms with Crippen LogP contribution in [-0.4, -0.2) is 32.7 Å². The first-order valence-corrected chi connectivity index (χ1v) is 13.1. The highest BCUT2D eigenvalue weighted by molar-refractivity contribution is 7.89. The molecule has 1 heterocycles. The van der Waals surface area contributed by atoms with E-state index in [2.05, 4.69) is 16.3 Å². The third-order valence-electron chi connectivity index (χ3n) is 6.81. The smallest absolute Gasteiger partial charge is 0.242 e. The fourth-order valence-corrected chi connectivity index (χ4v) is 6.42. The van der Waals surface area contributed by atoms with Gasteiger partial charge in [-0.25, -0.2) is 17.5 Å². The summed E-state index contributed by atoms with van der Waals surface area (Å²) < 4.78 is 53.4. The number of benzene rings is 2. The Kier molecular flexibility index (Phi) is 6.58. The van der Waals surface area contributed by atoms with E-state index < -0.39 is 10.0 Å². The predicted molar refractivity (Wildman–Crippen MR) is 131 cm³/mol. The predicted octanol–water partition coefficient (Wildman–Crippen LogP) is 4.62. The van der Waals surface area contributed by atoms with Crippen LogP contribution in [0.5, 0.6) is 11.5 Å². The molecule has 182 valence electrons. The Balaban J connectivity index is 1.26. The number of sulfonamides is 1. The Bertz CT molecular complexity index is 1310. The molecular formula is C27H27FN2O4S. The van der Waals surface area contributed by atoms with Gasteiger partial charge in [-0.1, -0.05) is 12.6 Å². The van der Waals surface area contributed by atoms with Gasteiger partial charge in [0.2, 0.25) is 10.0 Å². The largest absolute Gasteiger partial charge is 0.490 e. The molecule has 3 unspecified atom stereocenters. The molecule has 2 aliphatic carbocycles. The number of halogens is 1. The highest BCUT2D eigenvalue weighted by Crippen LogP contribution is 2.46. The van der Waals surface area contributed by atoms with Crippen LogP contribution in [0.2, 0.25) is 0 Å². The lowest BCUT2D eigenvalue weighted by molar-refractivity contribution is 0.217. The van der Waals surface area contributed by atoms with E-state index in [4.69, 9.17) is 9.47 Å². The number of hydrogen-bond acceptors (Lipinski definition) is 5. The zero-order valence-electron chi connectivity index (χ0n) is 19.2. The first-order valence-electron chi connectivity index (χ1n) is 11.7. The molecule has 2 bridgehead atoms. The Morgan fingerprint density at radius 1 is 1.03 bits per heavy atom. The zero-order valence-corrected chi connectivity index (χ0v) is 20.0. The maximum Gasteiger partial charge on any atom is 0.242 e. The summed E-state index contributed by atoms with van der Waals surface area (Å²) >= 11 is 0. The number of aromatic nitrogens is 1.